The third-order valence-corrected chi connectivity index (χ3v) is 3.39. The zero-order valence-electron chi connectivity index (χ0n) is 13.9. The van der Waals surface area contributed by atoms with Gasteiger partial charge in [-0.25, -0.2) is 0 Å². The van der Waals surface area contributed by atoms with Gasteiger partial charge in [0.05, 0.1) is 27.8 Å². The Kier molecular flexibility index (Phi) is 7.18. The number of ether oxygens (including phenoxy) is 3. The first kappa shape index (κ1) is 18.6. The second-order valence-electron chi connectivity index (χ2n) is 5.02. The first-order valence-electron chi connectivity index (χ1n) is 7.17. The van der Waals surface area contributed by atoms with Crippen LogP contribution in [-0.4, -0.2) is 56.8 Å². The van der Waals surface area contributed by atoms with Gasteiger partial charge in [0.2, 0.25) is 11.7 Å². The van der Waals surface area contributed by atoms with Crippen molar-refractivity contribution in [3.8, 4) is 17.2 Å². The van der Waals surface area contributed by atoms with Crippen molar-refractivity contribution in [3.63, 3.8) is 0 Å². The maximum Gasteiger partial charge on any atom is 0.303 e. The van der Waals surface area contributed by atoms with E-state index in [1.54, 1.807) is 19.2 Å². The fraction of sp³-hybridized carbons (Fsp3) is 0.500. The van der Waals surface area contributed by atoms with E-state index in [-0.39, 0.29) is 18.7 Å². The molecule has 7 heteroatoms. The molecule has 1 rings (SSSR count). The van der Waals surface area contributed by atoms with Gasteiger partial charge in [0, 0.05) is 20.0 Å². The molecule has 7 nitrogen and oxygen atoms in total. The molecule has 0 aromatic heterocycles. The summed E-state index contributed by atoms with van der Waals surface area (Å²) in [6.07, 6.45) is 0.634. The number of aliphatic carboxylic acids is 1. The number of hydrogen-bond donors (Lipinski definition) is 1. The molecule has 1 N–H and O–H groups in total. The van der Waals surface area contributed by atoms with Gasteiger partial charge in [-0.1, -0.05) is 0 Å². The smallest absolute Gasteiger partial charge is 0.303 e. The van der Waals surface area contributed by atoms with Crippen LogP contribution in [0.15, 0.2) is 12.1 Å². The molecule has 0 aliphatic heterocycles. The lowest BCUT2D eigenvalue weighted by Crippen LogP contribution is -2.29. The van der Waals surface area contributed by atoms with Gasteiger partial charge in [-0.3, -0.25) is 9.59 Å². The summed E-state index contributed by atoms with van der Waals surface area (Å²) < 4.78 is 15.8. The van der Waals surface area contributed by atoms with Crippen molar-refractivity contribution >= 4 is 11.9 Å². The second kappa shape index (κ2) is 8.87. The van der Waals surface area contributed by atoms with E-state index in [0.29, 0.717) is 30.2 Å². The van der Waals surface area contributed by atoms with Gasteiger partial charge in [-0.05, 0) is 24.1 Å². The van der Waals surface area contributed by atoms with E-state index < -0.39 is 5.97 Å². The van der Waals surface area contributed by atoms with E-state index in [4.69, 9.17) is 19.3 Å². The van der Waals surface area contributed by atoms with Crippen molar-refractivity contribution in [2.75, 3.05) is 34.9 Å². The molecule has 0 fully saturated rings. The number of amides is 1. The van der Waals surface area contributed by atoms with E-state index in [0.717, 1.165) is 5.56 Å². The average Bonchev–Trinajstić information content (AvgIpc) is 2.53. The highest BCUT2D eigenvalue weighted by atomic mass is 16.5. The van der Waals surface area contributed by atoms with Gasteiger partial charge in [-0.2, -0.15) is 0 Å². The van der Waals surface area contributed by atoms with Crippen LogP contribution in [0, 0.1) is 0 Å². The topological polar surface area (TPSA) is 85.3 Å². The van der Waals surface area contributed by atoms with Crippen LogP contribution in [0.2, 0.25) is 0 Å². The maximum absolute atomic E-state index is 12.2. The second-order valence-corrected chi connectivity index (χ2v) is 5.02. The van der Waals surface area contributed by atoms with Crippen LogP contribution in [0.3, 0.4) is 0 Å². The van der Waals surface area contributed by atoms with Gasteiger partial charge in [0.1, 0.15) is 0 Å². The monoisotopic (exact) mass is 325 g/mol. The molecule has 0 aliphatic rings. The Morgan fingerprint density at radius 1 is 1.09 bits per heavy atom. The largest absolute Gasteiger partial charge is 0.493 e. The van der Waals surface area contributed by atoms with Crippen LogP contribution in [0.25, 0.3) is 0 Å². The summed E-state index contributed by atoms with van der Waals surface area (Å²) in [4.78, 5) is 24.2. The van der Waals surface area contributed by atoms with Crippen LogP contribution in [0.4, 0.5) is 0 Å². The van der Waals surface area contributed by atoms with E-state index >= 15 is 0 Å². The van der Waals surface area contributed by atoms with Crippen molar-refractivity contribution in [2.45, 2.75) is 19.3 Å². The molecule has 0 saturated carbocycles. The van der Waals surface area contributed by atoms with E-state index in [2.05, 4.69) is 0 Å². The first-order chi connectivity index (χ1) is 10.9. The molecule has 23 heavy (non-hydrogen) atoms. The molecular weight excluding hydrogens is 302 g/mol. The van der Waals surface area contributed by atoms with Crippen molar-refractivity contribution in [1.82, 2.24) is 4.90 Å². The number of benzene rings is 1. The summed E-state index contributed by atoms with van der Waals surface area (Å²) in [6.45, 7) is 0.398. The van der Waals surface area contributed by atoms with E-state index in [9.17, 15) is 9.59 Å². The lowest BCUT2D eigenvalue weighted by atomic mass is 10.1. The normalized spacial score (nSPS) is 10.1. The number of carbonyl (C=O) groups excluding carboxylic acids is 1. The summed E-state index contributed by atoms with van der Waals surface area (Å²) >= 11 is 0. The van der Waals surface area contributed by atoms with E-state index in [1.807, 2.05) is 0 Å². The summed E-state index contributed by atoms with van der Waals surface area (Å²) in [6, 6.07) is 3.45. The fourth-order valence-electron chi connectivity index (χ4n) is 2.14. The Hall–Kier alpha value is -2.44. The molecule has 0 heterocycles. The molecule has 1 aromatic carbocycles. The maximum atomic E-state index is 12.2. The molecule has 0 bridgehead atoms. The number of carboxylic acids is 1. The lowest BCUT2D eigenvalue weighted by Gasteiger charge is -2.18. The third-order valence-electron chi connectivity index (χ3n) is 3.39. The van der Waals surface area contributed by atoms with Gasteiger partial charge in [0.25, 0.3) is 0 Å². The van der Waals surface area contributed by atoms with Gasteiger partial charge in [-0.15, -0.1) is 0 Å². The summed E-state index contributed by atoms with van der Waals surface area (Å²) in [5, 5.41) is 8.62. The molecule has 0 aliphatic carbocycles. The fourth-order valence-corrected chi connectivity index (χ4v) is 2.14. The minimum atomic E-state index is -0.865. The van der Waals surface area contributed by atoms with Crippen molar-refractivity contribution in [1.29, 1.82) is 0 Å². The summed E-state index contributed by atoms with van der Waals surface area (Å²) in [5.41, 5.74) is 0.731. The number of hydrogen-bond acceptors (Lipinski definition) is 5. The first-order valence-corrected chi connectivity index (χ1v) is 7.17. The molecule has 0 atom stereocenters. The zero-order chi connectivity index (χ0) is 17.4. The Labute approximate surface area is 135 Å². The minimum Gasteiger partial charge on any atom is -0.493 e. The van der Waals surface area contributed by atoms with Crippen molar-refractivity contribution < 1.29 is 28.9 Å². The Morgan fingerprint density at radius 3 is 2.09 bits per heavy atom. The molecular formula is C16H23NO6. The molecule has 128 valence electrons. The number of likely N-dealkylation sites (N-methyl/N-ethyl adjacent to an activating group) is 1. The zero-order valence-corrected chi connectivity index (χ0v) is 13.9. The summed E-state index contributed by atoms with van der Waals surface area (Å²) in [5.74, 6) is 0.479. The molecule has 1 amide bonds. The molecule has 0 spiro atoms. The highest BCUT2D eigenvalue weighted by Crippen LogP contribution is 2.38. The average molecular weight is 325 g/mol. The molecule has 1 aromatic rings. The van der Waals surface area contributed by atoms with Crippen LogP contribution in [0.1, 0.15) is 18.4 Å². The Morgan fingerprint density at radius 2 is 1.65 bits per heavy atom. The predicted octanol–water partition coefficient (Wildman–Crippen LogP) is 1.58. The predicted molar refractivity (Wildman–Crippen MR) is 84.3 cm³/mol. The highest BCUT2D eigenvalue weighted by molar-refractivity contribution is 5.79. The number of carbonyl (C=O) groups is 2. The Balaban J connectivity index is 2.79. The number of rotatable bonds is 9. The number of carboxylic acid groups (broad SMARTS) is 1. The van der Waals surface area contributed by atoms with Gasteiger partial charge < -0.3 is 24.2 Å². The number of nitrogens with zero attached hydrogens (tertiary/aromatic N) is 1. The highest BCUT2D eigenvalue weighted by Gasteiger charge is 2.16. The third kappa shape index (κ3) is 5.36. The SMILES string of the molecule is COc1cc(CC(=O)N(C)CCCC(=O)O)cc(OC)c1OC. The summed E-state index contributed by atoms with van der Waals surface area (Å²) in [7, 11) is 6.20. The minimum absolute atomic E-state index is 0.0435. The van der Waals surface area contributed by atoms with Crippen molar-refractivity contribution in [3.05, 3.63) is 17.7 Å². The van der Waals surface area contributed by atoms with E-state index in [1.165, 1.54) is 26.2 Å². The van der Waals surface area contributed by atoms with Crippen LogP contribution in [-0.2, 0) is 16.0 Å². The molecule has 0 unspecified atom stereocenters. The molecule has 0 radical (unpaired) electrons. The quantitative estimate of drug-likeness (QED) is 0.742. The van der Waals surface area contributed by atoms with Crippen molar-refractivity contribution in [2.24, 2.45) is 0 Å². The number of methoxy groups -OCH3 is 3. The van der Waals surface area contributed by atoms with Crippen LogP contribution < -0.4 is 14.2 Å². The van der Waals surface area contributed by atoms with Gasteiger partial charge in [0.15, 0.2) is 11.5 Å². The Bertz CT molecular complexity index is 532. The standard InChI is InChI=1S/C16H23NO6/c1-17(7-5-6-15(19)20)14(18)10-11-8-12(21-2)16(23-4)13(9-11)22-3/h8-9H,5-7,10H2,1-4H3,(H,19,20). The van der Waals surface area contributed by atoms with Gasteiger partial charge >= 0.3 is 5.97 Å². The van der Waals surface area contributed by atoms with Crippen LogP contribution >= 0.6 is 0 Å². The lowest BCUT2D eigenvalue weighted by molar-refractivity contribution is -0.138. The molecule has 0 saturated heterocycles. The van der Waals surface area contributed by atoms with Crippen LogP contribution in [0.5, 0.6) is 17.2 Å².